The molecule has 0 aliphatic carbocycles. The standard InChI is InChI=1S/C24H17N3O3/c28-23(29)13-22-20-12-15(1-3-18(20)24(30)27-22)16-2-4-21-19(11-16)17(7-10-26-21)14-5-8-25-9-6-14/h1-12,27,30H,13H2,(H,28,29). The summed E-state index contributed by atoms with van der Waals surface area (Å²) >= 11 is 0. The summed E-state index contributed by atoms with van der Waals surface area (Å²) in [6.45, 7) is 0. The minimum atomic E-state index is -0.956. The lowest BCUT2D eigenvalue weighted by atomic mass is 9.96. The van der Waals surface area contributed by atoms with Gasteiger partial charge >= 0.3 is 5.97 Å². The molecular formula is C24H17N3O3. The number of carboxylic acid groups (broad SMARTS) is 1. The summed E-state index contributed by atoms with van der Waals surface area (Å²) in [4.78, 5) is 22.5. The molecule has 0 aliphatic rings. The highest BCUT2D eigenvalue weighted by molar-refractivity contribution is 5.99. The number of pyridine rings is 2. The van der Waals surface area contributed by atoms with Gasteiger partial charge in [0.25, 0.3) is 0 Å². The zero-order valence-corrected chi connectivity index (χ0v) is 15.8. The summed E-state index contributed by atoms with van der Waals surface area (Å²) < 4.78 is 0. The van der Waals surface area contributed by atoms with Gasteiger partial charge in [0.05, 0.1) is 11.9 Å². The van der Waals surface area contributed by atoms with Gasteiger partial charge in [0.2, 0.25) is 0 Å². The van der Waals surface area contributed by atoms with Crippen molar-refractivity contribution in [2.75, 3.05) is 0 Å². The molecule has 0 radical (unpaired) electrons. The fourth-order valence-electron chi connectivity index (χ4n) is 3.86. The maximum Gasteiger partial charge on any atom is 0.309 e. The Morgan fingerprint density at radius 1 is 0.833 bits per heavy atom. The van der Waals surface area contributed by atoms with Crippen LogP contribution in [0.25, 0.3) is 43.9 Å². The number of carboxylic acids is 1. The molecule has 0 spiro atoms. The molecule has 146 valence electrons. The van der Waals surface area contributed by atoms with Crippen molar-refractivity contribution in [2.45, 2.75) is 6.42 Å². The number of hydrogen-bond acceptors (Lipinski definition) is 4. The Hall–Kier alpha value is -4.19. The summed E-state index contributed by atoms with van der Waals surface area (Å²) in [6.07, 6.45) is 5.14. The zero-order chi connectivity index (χ0) is 20.7. The van der Waals surface area contributed by atoms with Crippen molar-refractivity contribution < 1.29 is 15.0 Å². The topological polar surface area (TPSA) is 99.1 Å². The monoisotopic (exact) mass is 395 g/mol. The van der Waals surface area contributed by atoms with E-state index in [0.717, 1.165) is 33.2 Å². The number of nitrogens with zero attached hydrogens (tertiary/aromatic N) is 2. The lowest BCUT2D eigenvalue weighted by Gasteiger charge is -2.09. The molecule has 6 heteroatoms. The second-order valence-electron chi connectivity index (χ2n) is 7.11. The summed E-state index contributed by atoms with van der Waals surface area (Å²) in [5, 5.41) is 21.6. The van der Waals surface area contributed by atoms with Gasteiger partial charge in [-0.1, -0.05) is 12.1 Å². The number of carbonyl (C=O) groups is 1. The molecule has 6 nitrogen and oxygen atoms in total. The Bertz CT molecular complexity index is 1410. The molecular weight excluding hydrogens is 378 g/mol. The molecule has 0 fully saturated rings. The van der Waals surface area contributed by atoms with E-state index in [1.165, 1.54) is 0 Å². The number of aromatic hydroxyl groups is 1. The SMILES string of the molecule is O=C(O)Cc1[nH]c(O)c2ccc(-c3ccc4nccc(-c5ccncc5)c4c3)cc12. The van der Waals surface area contributed by atoms with Crippen molar-refractivity contribution >= 4 is 27.6 Å². The Kier molecular flexibility index (Phi) is 4.17. The molecule has 5 aromatic rings. The van der Waals surface area contributed by atoms with Crippen LogP contribution >= 0.6 is 0 Å². The predicted octanol–water partition coefficient (Wildman–Crippen LogP) is 4.78. The van der Waals surface area contributed by atoms with Gasteiger partial charge in [-0.15, -0.1) is 0 Å². The second-order valence-corrected chi connectivity index (χ2v) is 7.11. The third kappa shape index (κ3) is 3.04. The molecule has 0 amide bonds. The van der Waals surface area contributed by atoms with E-state index in [1.807, 2.05) is 42.5 Å². The van der Waals surface area contributed by atoms with E-state index < -0.39 is 5.97 Å². The van der Waals surface area contributed by atoms with E-state index >= 15 is 0 Å². The average Bonchev–Trinajstić information content (AvgIpc) is 3.07. The molecule has 0 atom stereocenters. The fourth-order valence-corrected chi connectivity index (χ4v) is 3.86. The van der Waals surface area contributed by atoms with Gasteiger partial charge in [-0.3, -0.25) is 14.8 Å². The van der Waals surface area contributed by atoms with Crippen LogP contribution in [0.1, 0.15) is 5.69 Å². The Morgan fingerprint density at radius 2 is 1.57 bits per heavy atom. The molecule has 0 bridgehead atoms. The zero-order valence-electron chi connectivity index (χ0n) is 15.8. The molecule has 0 saturated heterocycles. The molecule has 0 aliphatic heterocycles. The smallest absolute Gasteiger partial charge is 0.309 e. The van der Waals surface area contributed by atoms with Crippen LogP contribution in [0.2, 0.25) is 0 Å². The molecule has 3 heterocycles. The highest BCUT2D eigenvalue weighted by Crippen LogP contribution is 2.35. The minimum Gasteiger partial charge on any atom is -0.494 e. The van der Waals surface area contributed by atoms with Crippen LogP contribution in [0.15, 0.2) is 73.2 Å². The van der Waals surface area contributed by atoms with E-state index in [2.05, 4.69) is 21.0 Å². The van der Waals surface area contributed by atoms with Gasteiger partial charge in [0, 0.05) is 40.4 Å². The van der Waals surface area contributed by atoms with Gasteiger partial charge in [-0.2, -0.15) is 0 Å². The third-order valence-electron chi connectivity index (χ3n) is 5.26. The van der Waals surface area contributed by atoms with Gasteiger partial charge < -0.3 is 15.2 Å². The van der Waals surface area contributed by atoms with Crippen LogP contribution in [0.4, 0.5) is 0 Å². The van der Waals surface area contributed by atoms with E-state index in [-0.39, 0.29) is 12.3 Å². The fraction of sp³-hybridized carbons (Fsp3) is 0.0417. The number of aliphatic carboxylic acids is 1. The Balaban J connectivity index is 1.68. The number of aromatic nitrogens is 3. The Labute approximate surface area is 171 Å². The van der Waals surface area contributed by atoms with Crippen LogP contribution in [-0.2, 0) is 11.2 Å². The predicted molar refractivity (Wildman–Crippen MR) is 115 cm³/mol. The molecule has 0 unspecified atom stereocenters. The summed E-state index contributed by atoms with van der Waals surface area (Å²) in [5.74, 6) is -0.974. The summed E-state index contributed by atoms with van der Waals surface area (Å²) in [7, 11) is 0. The van der Waals surface area contributed by atoms with Gasteiger partial charge in [0.1, 0.15) is 0 Å². The third-order valence-corrected chi connectivity index (χ3v) is 5.26. The lowest BCUT2D eigenvalue weighted by Crippen LogP contribution is -2.00. The largest absolute Gasteiger partial charge is 0.494 e. The highest BCUT2D eigenvalue weighted by atomic mass is 16.4. The molecule has 30 heavy (non-hydrogen) atoms. The summed E-state index contributed by atoms with van der Waals surface area (Å²) in [6, 6.07) is 17.6. The quantitative estimate of drug-likeness (QED) is 0.407. The van der Waals surface area contributed by atoms with E-state index in [4.69, 9.17) is 5.11 Å². The van der Waals surface area contributed by atoms with Crippen molar-refractivity contribution in [3.8, 4) is 28.1 Å². The molecule has 2 aromatic carbocycles. The highest BCUT2D eigenvalue weighted by Gasteiger charge is 2.14. The van der Waals surface area contributed by atoms with Crippen molar-refractivity contribution in [3.63, 3.8) is 0 Å². The molecule has 3 N–H and O–H groups in total. The normalized spacial score (nSPS) is 11.2. The second kappa shape index (κ2) is 7.00. The van der Waals surface area contributed by atoms with Gasteiger partial charge in [-0.05, 0) is 64.7 Å². The Morgan fingerprint density at radius 3 is 2.33 bits per heavy atom. The summed E-state index contributed by atoms with van der Waals surface area (Å²) in [5.41, 5.74) is 5.41. The first-order valence-corrected chi connectivity index (χ1v) is 9.45. The maximum absolute atomic E-state index is 11.2. The van der Waals surface area contributed by atoms with Crippen molar-refractivity contribution in [2.24, 2.45) is 0 Å². The first kappa shape index (κ1) is 17.9. The van der Waals surface area contributed by atoms with E-state index in [9.17, 15) is 9.90 Å². The first-order valence-electron chi connectivity index (χ1n) is 9.45. The number of aromatic amines is 1. The maximum atomic E-state index is 11.2. The van der Waals surface area contributed by atoms with Crippen molar-refractivity contribution in [1.82, 2.24) is 15.0 Å². The molecule has 3 aromatic heterocycles. The molecule has 5 rings (SSSR count). The average molecular weight is 395 g/mol. The van der Waals surface area contributed by atoms with Crippen LogP contribution < -0.4 is 0 Å². The molecule has 0 saturated carbocycles. The minimum absolute atomic E-state index is 0.0181. The van der Waals surface area contributed by atoms with E-state index in [0.29, 0.717) is 16.5 Å². The number of H-pyrrole nitrogens is 1. The number of rotatable bonds is 4. The van der Waals surface area contributed by atoms with Gasteiger partial charge in [-0.25, -0.2) is 0 Å². The van der Waals surface area contributed by atoms with Crippen LogP contribution in [0, 0.1) is 0 Å². The number of nitrogens with one attached hydrogen (secondary N) is 1. The lowest BCUT2D eigenvalue weighted by molar-refractivity contribution is -0.136. The first-order chi connectivity index (χ1) is 14.6. The van der Waals surface area contributed by atoms with Crippen molar-refractivity contribution in [3.05, 3.63) is 78.9 Å². The number of hydrogen-bond donors (Lipinski definition) is 3. The number of benzene rings is 2. The number of fused-ring (bicyclic) bond motifs is 2. The van der Waals surface area contributed by atoms with E-state index in [1.54, 1.807) is 24.7 Å². The van der Waals surface area contributed by atoms with Crippen LogP contribution in [-0.4, -0.2) is 31.1 Å². The van der Waals surface area contributed by atoms with Crippen LogP contribution in [0.5, 0.6) is 5.88 Å². The van der Waals surface area contributed by atoms with Crippen molar-refractivity contribution in [1.29, 1.82) is 0 Å². The van der Waals surface area contributed by atoms with Crippen LogP contribution in [0.3, 0.4) is 0 Å². The van der Waals surface area contributed by atoms with Gasteiger partial charge in [0.15, 0.2) is 5.88 Å².